The zero-order valence-corrected chi connectivity index (χ0v) is 23.4. The fraction of sp³-hybridized carbons (Fsp3) is 0.200. The molecular formula is C30H29N9O3. The van der Waals surface area contributed by atoms with E-state index in [1.807, 2.05) is 32.2 Å². The molecule has 0 spiro atoms. The molecule has 12 heteroatoms. The lowest BCUT2D eigenvalue weighted by Crippen LogP contribution is -2.20. The van der Waals surface area contributed by atoms with Crippen LogP contribution in [0.1, 0.15) is 44.7 Å². The van der Waals surface area contributed by atoms with Gasteiger partial charge in [-0.15, -0.1) is 5.10 Å². The van der Waals surface area contributed by atoms with Crippen LogP contribution in [0.2, 0.25) is 0 Å². The van der Waals surface area contributed by atoms with E-state index in [0.717, 1.165) is 16.6 Å². The molecule has 2 amide bonds. The van der Waals surface area contributed by atoms with Gasteiger partial charge >= 0.3 is 0 Å². The third-order valence-corrected chi connectivity index (χ3v) is 7.04. The summed E-state index contributed by atoms with van der Waals surface area (Å²) in [6.07, 6.45) is 1.85. The Labute approximate surface area is 240 Å². The van der Waals surface area contributed by atoms with Crippen molar-refractivity contribution < 1.29 is 14.3 Å². The van der Waals surface area contributed by atoms with Crippen LogP contribution in [0.4, 0.5) is 5.95 Å². The van der Waals surface area contributed by atoms with Gasteiger partial charge in [0, 0.05) is 12.1 Å². The average molecular weight is 564 g/mol. The van der Waals surface area contributed by atoms with Crippen molar-refractivity contribution in [1.29, 1.82) is 0 Å². The number of hydrogen-bond donors (Lipinski definition) is 2. The summed E-state index contributed by atoms with van der Waals surface area (Å²) in [4.78, 5) is 30.0. The van der Waals surface area contributed by atoms with Crippen LogP contribution in [0.5, 0.6) is 5.75 Å². The number of rotatable bonds is 9. The highest BCUT2D eigenvalue weighted by Crippen LogP contribution is 2.31. The molecular weight excluding hydrogens is 534 g/mol. The predicted molar refractivity (Wildman–Crippen MR) is 158 cm³/mol. The molecule has 6 rings (SSSR count). The van der Waals surface area contributed by atoms with Gasteiger partial charge in [-0.3, -0.25) is 19.6 Å². The zero-order valence-electron chi connectivity index (χ0n) is 23.4. The summed E-state index contributed by atoms with van der Waals surface area (Å²) in [5.41, 5.74) is 9.66. The molecule has 6 aromatic rings. The van der Waals surface area contributed by atoms with E-state index < -0.39 is 5.91 Å². The highest BCUT2D eigenvalue weighted by molar-refractivity contribution is 6.04. The largest absolute Gasteiger partial charge is 0.494 e. The first kappa shape index (κ1) is 26.7. The molecule has 212 valence electrons. The first-order valence-corrected chi connectivity index (χ1v) is 13.4. The number of primary amides is 1. The number of imidazole rings is 1. The van der Waals surface area contributed by atoms with Crippen molar-refractivity contribution in [3.63, 3.8) is 0 Å². The predicted octanol–water partition coefficient (Wildman–Crippen LogP) is 3.76. The van der Waals surface area contributed by atoms with Gasteiger partial charge < -0.3 is 15.0 Å². The SMILES string of the molecule is CCn1nc(C)cc1C(=O)Nc1nc2cc(C(N)=O)cc(OC)c2n1Cc1cn(Cc2ccc3ccccc3c2)nn1. The number of carbonyl (C=O) groups excluding carboxylic acids is 2. The standard InChI is InChI=1S/C30H29N9O3/c1-4-39-25(11-18(2)35-39)29(41)33-30-32-24-13-22(28(31)40)14-26(42-3)27(24)38(30)17-23-16-37(36-34-23)15-19-9-10-20-7-5-6-8-21(20)12-19/h5-14,16H,4,15,17H2,1-3H3,(H2,31,40)(H,32,33,41). The van der Waals surface area contributed by atoms with E-state index in [1.54, 1.807) is 32.1 Å². The Hall–Kier alpha value is -5.52. The molecule has 0 saturated heterocycles. The van der Waals surface area contributed by atoms with Gasteiger partial charge in [0.05, 0.1) is 37.6 Å². The molecule has 42 heavy (non-hydrogen) atoms. The number of anilines is 1. The molecule has 3 aromatic heterocycles. The Bertz CT molecular complexity index is 1970. The molecule has 3 heterocycles. The van der Waals surface area contributed by atoms with Gasteiger partial charge in [-0.2, -0.15) is 5.10 Å². The number of benzene rings is 3. The molecule has 12 nitrogen and oxygen atoms in total. The Morgan fingerprint density at radius 3 is 2.60 bits per heavy atom. The van der Waals surface area contributed by atoms with Gasteiger partial charge in [-0.05, 0) is 54.4 Å². The van der Waals surface area contributed by atoms with E-state index in [1.165, 1.54) is 12.5 Å². The van der Waals surface area contributed by atoms with Crippen LogP contribution in [-0.4, -0.2) is 53.2 Å². The number of nitrogens with zero attached hydrogens (tertiary/aromatic N) is 7. The summed E-state index contributed by atoms with van der Waals surface area (Å²) in [6, 6.07) is 19.3. The topological polar surface area (TPSA) is 148 Å². The summed E-state index contributed by atoms with van der Waals surface area (Å²) in [5, 5.41) is 18.3. The second-order valence-corrected chi connectivity index (χ2v) is 9.96. The van der Waals surface area contributed by atoms with Crippen LogP contribution in [0, 0.1) is 6.92 Å². The number of aryl methyl sites for hydroxylation is 2. The van der Waals surface area contributed by atoms with Gasteiger partial charge in [0.1, 0.15) is 22.7 Å². The number of nitrogens with two attached hydrogens (primary N) is 1. The molecule has 3 N–H and O–H groups in total. The molecule has 0 fully saturated rings. The minimum Gasteiger partial charge on any atom is -0.494 e. The minimum absolute atomic E-state index is 0.224. The van der Waals surface area contributed by atoms with E-state index in [-0.39, 0.29) is 24.0 Å². The number of carbonyl (C=O) groups is 2. The fourth-order valence-corrected chi connectivity index (χ4v) is 5.09. The number of nitrogens with one attached hydrogen (secondary N) is 1. The van der Waals surface area contributed by atoms with Crippen LogP contribution < -0.4 is 15.8 Å². The first-order valence-electron chi connectivity index (χ1n) is 13.4. The molecule has 3 aromatic carbocycles. The molecule has 0 radical (unpaired) electrons. The van der Waals surface area contributed by atoms with Crippen molar-refractivity contribution in [1.82, 2.24) is 34.3 Å². The Balaban J connectivity index is 1.36. The Morgan fingerprint density at radius 1 is 1.02 bits per heavy atom. The maximum absolute atomic E-state index is 13.4. The number of amides is 2. The Morgan fingerprint density at radius 2 is 1.83 bits per heavy atom. The lowest BCUT2D eigenvalue weighted by atomic mass is 10.1. The third-order valence-electron chi connectivity index (χ3n) is 7.04. The van der Waals surface area contributed by atoms with Gasteiger partial charge in [0.25, 0.3) is 5.91 Å². The molecule has 0 aliphatic rings. The second kappa shape index (κ2) is 10.8. The maximum Gasteiger partial charge on any atom is 0.276 e. The van der Waals surface area contributed by atoms with Crippen molar-refractivity contribution in [3.8, 4) is 5.75 Å². The highest BCUT2D eigenvalue weighted by Gasteiger charge is 2.22. The summed E-state index contributed by atoms with van der Waals surface area (Å²) < 4.78 is 10.8. The highest BCUT2D eigenvalue weighted by atomic mass is 16.5. The van der Waals surface area contributed by atoms with Gasteiger partial charge in [-0.1, -0.05) is 41.6 Å². The van der Waals surface area contributed by atoms with Crippen molar-refractivity contribution in [2.45, 2.75) is 33.5 Å². The van der Waals surface area contributed by atoms with Gasteiger partial charge in [-0.25, -0.2) is 9.67 Å². The van der Waals surface area contributed by atoms with Crippen LogP contribution in [0.15, 0.2) is 66.9 Å². The van der Waals surface area contributed by atoms with Crippen molar-refractivity contribution >= 4 is 39.6 Å². The van der Waals surface area contributed by atoms with E-state index >= 15 is 0 Å². The van der Waals surface area contributed by atoms with Crippen molar-refractivity contribution in [2.24, 2.45) is 5.73 Å². The quantitative estimate of drug-likeness (QED) is 0.272. The van der Waals surface area contributed by atoms with Gasteiger partial charge in [0.2, 0.25) is 11.9 Å². The molecule has 0 unspecified atom stereocenters. The van der Waals surface area contributed by atoms with E-state index in [4.69, 9.17) is 10.5 Å². The van der Waals surface area contributed by atoms with Crippen molar-refractivity contribution in [3.05, 3.63) is 95.1 Å². The summed E-state index contributed by atoms with van der Waals surface area (Å²) in [7, 11) is 1.50. The lowest BCUT2D eigenvalue weighted by molar-refractivity contribution is 0.0995. The number of aromatic nitrogens is 7. The third kappa shape index (κ3) is 5.05. The van der Waals surface area contributed by atoms with E-state index in [0.29, 0.717) is 41.3 Å². The van der Waals surface area contributed by atoms with Crippen LogP contribution in [-0.2, 0) is 19.6 Å². The second-order valence-electron chi connectivity index (χ2n) is 9.96. The summed E-state index contributed by atoms with van der Waals surface area (Å²) in [6.45, 7) is 5.04. The number of ether oxygens (including phenoxy) is 1. The summed E-state index contributed by atoms with van der Waals surface area (Å²) >= 11 is 0. The molecule has 0 saturated carbocycles. The van der Waals surface area contributed by atoms with E-state index in [9.17, 15) is 9.59 Å². The monoisotopic (exact) mass is 563 g/mol. The minimum atomic E-state index is -0.616. The maximum atomic E-state index is 13.4. The fourth-order valence-electron chi connectivity index (χ4n) is 5.09. The molecule has 0 atom stereocenters. The summed E-state index contributed by atoms with van der Waals surface area (Å²) in [5.74, 6) is -0.356. The zero-order chi connectivity index (χ0) is 29.4. The van der Waals surface area contributed by atoms with Crippen molar-refractivity contribution in [2.75, 3.05) is 12.4 Å². The lowest BCUT2D eigenvalue weighted by Gasteiger charge is -2.11. The molecule has 0 aliphatic carbocycles. The normalized spacial score (nSPS) is 11.3. The smallest absolute Gasteiger partial charge is 0.276 e. The first-order chi connectivity index (χ1) is 20.3. The number of hydrogen-bond acceptors (Lipinski definition) is 7. The average Bonchev–Trinajstić information content (AvgIpc) is 3.69. The number of fused-ring (bicyclic) bond motifs is 2. The molecule has 0 bridgehead atoms. The molecule has 0 aliphatic heterocycles. The van der Waals surface area contributed by atoms with Crippen LogP contribution in [0.25, 0.3) is 21.8 Å². The van der Waals surface area contributed by atoms with Crippen LogP contribution >= 0.6 is 0 Å². The van der Waals surface area contributed by atoms with Crippen LogP contribution in [0.3, 0.4) is 0 Å². The Kier molecular flexibility index (Phi) is 6.87. The van der Waals surface area contributed by atoms with Gasteiger partial charge in [0.15, 0.2) is 0 Å². The number of methoxy groups -OCH3 is 1. The van der Waals surface area contributed by atoms with E-state index in [2.05, 4.69) is 56.0 Å².